The van der Waals surface area contributed by atoms with Crippen molar-refractivity contribution in [3.8, 4) is 12.3 Å². The van der Waals surface area contributed by atoms with Crippen molar-refractivity contribution >= 4 is 9.84 Å². The van der Waals surface area contributed by atoms with Crippen LogP contribution in [0.2, 0.25) is 0 Å². The Bertz CT molecular complexity index is 449. The lowest BCUT2D eigenvalue weighted by Crippen LogP contribution is -2.06. The monoisotopic (exact) mass is 222 g/mol. The second kappa shape index (κ2) is 4.99. The average molecular weight is 222 g/mol. The number of sulfone groups is 1. The third-order valence-corrected chi connectivity index (χ3v) is 3.96. The van der Waals surface area contributed by atoms with E-state index in [0.717, 1.165) is 6.42 Å². The Morgan fingerprint density at radius 1 is 1.27 bits per heavy atom. The minimum Gasteiger partial charge on any atom is -0.224 e. The van der Waals surface area contributed by atoms with Crippen LogP contribution in [-0.4, -0.2) is 14.2 Å². The topological polar surface area (TPSA) is 34.1 Å². The summed E-state index contributed by atoms with van der Waals surface area (Å²) < 4.78 is 23.5. The zero-order chi connectivity index (χ0) is 11.3. The van der Waals surface area contributed by atoms with Gasteiger partial charge in [-0.05, 0) is 30.7 Å². The van der Waals surface area contributed by atoms with Crippen LogP contribution in [0.15, 0.2) is 29.2 Å². The summed E-state index contributed by atoms with van der Waals surface area (Å²) in [5.41, 5.74) is 0.699. The molecule has 0 amide bonds. The zero-order valence-corrected chi connectivity index (χ0v) is 9.55. The van der Waals surface area contributed by atoms with Gasteiger partial charge in [-0.1, -0.05) is 19.3 Å². The lowest BCUT2D eigenvalue weighted by Gasteiger charge is -2.03. The third kappa shape index (κ3) is 3.10. The SMILES string of the molecule is C#Cc1ccc(S(=O)(=O)CCCC)cc1. The van der Waals surface area contributed by atoms with Crippen LogP contribution in [0.4, 0.5) is 0 Å². The fourth-order valence-corrected chi connectivity index (χ4v) is 2.67. The molecule has 1 rings (SSSR count). The van der Waals surface area contributed by atoms with Gasteiger partial charge in [0.1, 0.15) is 0 Å². The smallest absolute Gasteiger partial charge is 0.178 e. The molecule has 0 aliphatic heterocycles. The maximum atomic E-state index is 11.7. The number of rotatable bonds is 4. The largest absolute Gasteiger partial charge is 0.224 e. The molecule has 80 valence electrons. The molecule has 0 aromatic heterocycles. The lowest BCUT2D eigenvalue weighted by atomic mass is 10.2. The van der Waals surface area contributed by atoms with Crippen molar-refractivity contribution in [3.63, 3.8) is 0 Å². The molecule has 1 aromatic carbocycles. The number of benzene rings is 1. The van der Waals surface area contributed by atoms with Gasteiger partial charge in [0.15, 0.2) is 9.84 Å². The molecular formula is C12H14O2S. The highest BCUT2D eigenvalue weighted by molar-refractivity contribution is 7.91. The van der Waals surface area contributed by atoms with E-state index in [0.29, 0.717) is 16.9 Å². The Morgan fingerprint density at radius 2 is 1.87 bits per heavy atom. The van der Waals surface area contributed by atoms with Crippen LogP contribution in [0, 0.1) is 12.3 Å². The Labute approximate surface area is 91.2 Å². The van der Waals surface area contributed by atoms with E-state index in [1.54, 1.807) is 24.3 Å². The van der Waals surface area contributed by atoms with Crippen molar-refractivity contribution in [1.29, 1.82) is 0 Å². The molecule has 0 bridgehead atoms. The van der Waals surface area contributed by atoms with Gasteiger partial charge in [0.25, 0.3) is 0 Å². The molecule has 0 heterocycles. The van der Waals surface area contributed by atoms with Gasteiger partial charge < -0.3 is 0 Å². The molecule has 0 atom stereocenters. The molecule has 0 aliphatic rings. The van der Waals surface area contributed by atoms with Gasteiger partial charge in [0.05, 0.1) is 10.6 Å². The fraction of sp³-hybridized carbons (Fsp3) is 0.333. The summed E-state index contributed by atoms with van der Waals surface area (Å²) in [7, 11) is -3.12. The van der Waals surface area contributed by atoms with Crippen molar-refractivity contribution in [2.45, 2.75) is 24.7 Å². The maximum Gasteiger partial charge on any atom is 0.178 e. The molecule has 0 spiro atoms. The molecule has 2 nitrogen and oxygen atoms in total. The molecule has 3 heteroatoms. The predicted octanol–water partition coefficient (Wildman–Crippen LogP) is 2.24. The van der Waals surface area contributed by atoms with Gasteiger partial charge in [0.2, 0.25) is 0 Å². The van der Waals surface area contributed by atoms with E-state index in [-0.39, 0.29) is 5.75 Å². The molecular weight excluding hydrogens is 208 g/mol. The Morgan fingerprint density at radius 3 is 2.33 bits per heavy atom. The minimum absolute atomic E-state index is 0.207. The summed E-state index contributed by atoms with van der Waals surface area (Å²) in [6.45, 7) is 1.97. The molecule has 0 aliphatic carbocycles. The third-order valence-electron chi connectivity index (χ3n) is 2.15. The molecule has 0 radical (unpaired) electrons. The Kier molecular flexibility index (Phi) is 3.93. The number of unbranched alkanes of at least 4 members (excludes halogenated alkanes) is 1. The zero-order valence-electron chi connectivity index (χ0n) is 8.73. The second-order valence-electron chi connectivity index (χ2n) is 3.34. The van der Waals surface area contributed by atoms with Crippen LogP contribution in [0.25, 0.3) is 0 Å². The molecule has 0 saturated heterocycles. The molecule has 15 heavy (non-hydrogen) atoms. The van der Waals surface area contributed by atoms with E-state index in [9.17, 15) is 8.42 Å². The number of hydrogen-bond acceptors (Lipinski definition) is 2. The van der Waals surface area contributed by atoms with Gasteiger partial charge >= 0.3 is 0 Å². The minimum atomic E-state index is -3.12. The highest BCUT2D eigenvalue weighted by Crippen LogP contribution is 2.13. The lowest BCUT2D eigenvalue weighted by molar-refractivity contribution is 0.592. The second-order valence-corrected chi connectivity index (χ2v) is 5.45. The van der Waals surface area contributed by atoms with E-state index in [1.165, 1.54) is 0 Å². The van der Waals surface area contributed by atoms with E-state index in [1.807, 2.05) is 6.92 Å². The first-order valence-electron chi connectivity index (χ1n) is 4.89. The van der Waals surface area contributed by atoms with Crippen molar-refractivity contribution < 1.29 is 8.42 Å². The highest BCUT2D eigenvalue weighted by Gasteiger charge is 2.12. The van der Waals surface area contributed by atoms with Crippen molar-refractivity contribution in [2.75, 3.05) is 5.75 Å². The van der Waals surface area contributed by atoms with E-state index in [4.69, 9.17) is 6.42 Å². The molecule has 0 unspecified atom stereocenters. The molecule has 0 fully saturated rings. The quantitative estimate of drug-likeness (QED) is 0.732. The number of terminal acetylenes is 1. The Hall–Kier alpha value is -1.27. The average Bonchev–Trinajstić information content (AvgIpc) is 2.26. The molecule has 0 N–H and O–H groups in total. The predicted molar refractivity (Wildman–Crippen MR) is 61.3 cm³/mol. The van der Waals surface area contributed by atoms with Crippen molar-refractivity contribution in [1.82, 2.24) is 0 Å². The Balaban J connectivity index is 2.92. The first kappa shape index (κ1) is 11.8. The van der Waals surface area contributed by atoms with Gasteiger partial charge in [0, 0.05) is 5.56 Å². The summed E-state index contributed by atoms with van der Waals surface area (Å²) in [5, 5.41) is 0. The van der Waals surface area contributed by atoms with E-state index < -0.39 is 9.84 Å². The summed E-state index contributed by atoms with van der Waals surface area (Å²) in [6.07, 6.45) is 6.76. The van der Waals surface area contributed by atoms with Crippen molar-refractivity contribution in [2.24, 2.45) is 0 Å². The molecule has 1 aromatic rings. The van der Waals surface area contributed by atoms with E-state index in [2.05, 4.69) is 5.92 Å². The van der Waals surface area contributed by atoms with Crippen LogP contribution in [0.5, 0.6) is 0 Å². The summed E-state index contributed by atoms with van der Waals surface area (Å²) in [6, 6.07) is 6.44. The summed E-state index contributed by atoms with van der Waals surface area (Å²) in [4.78, 5) is 0.356. The first-order valence-corrected chi connectivity index (χ1v) is 6.55. The summed E-state index contributed by atoms with van der Waals surface area (Å²) in [5.74, 6) is 2.66. The van der Waals surface area contributed by atoms with Crippen molar-refractivity contribution in [3.05, 3.63) is 29.8 Å². The van der Waals surface area contributed by atoms with Crippen LogP contribution >= 0.6 is 0 Å². The maximum absolute atomic E-state index is 11.7. The number of hydrogen-bond donors (Lipinski definition) is 0. The normalized spacial score (nSPS) is 10.9. The van der Waals surface area contributed by atoms with Gasteiger partial charge in [-0.25, -0.2) is 8.42 Å². The molecule has 0 saturated carbocycles. The summed E-state index contributed by atoms with van der Waals surface area (Å²) >= 11 is 0. The first-order chi connectivity index (χ1) is 7.10. The standard InChI is InChI=1S/C12H14O2S/c1-3-5-10-15(13,14)12-8-6-11(4-2)7-9-12/h2,6-9H,3,5,10H2,1H3. The van der Waals surface area contributed by atoms with Crippen LogP contribution < -0.4 is 0 Å². The van der Waals surface area contributed by atoms with Crippen LogP contribution in [-0.2, 0) is 9.84 Å². The fourth-order valence-electron chi connectivity index (χ4n) is 1.21. The van der Waals surface area contributed by atoms with Gasteiger partial charge in [-0.3, -0.25) is 0 Å². The van der Waals surface area contributed by atoms with Gasteiger partial charge in [-0.2, -0.15) is 0 Å². The van der Waals surface area contributed by atoms with E-state index >= 15 is 0 Å². The van der Waals surface area contributed by atoms with Crippen LogP contribution in [0.3, 0.4) is 0 Å². The van der Waals surface area contributed by atoms with Gasteiger partial charge in [-0.15, -0.1) is 6.42 Å². The van der Waals surface area contributed by atoms with Crippen LogP contribution in [0.1, 0.15) is 25.3 Å². The highest BCUT2D eigenvalue weighted by atomic mass is 32.2.